The van der Waals surface area contributed by atoms with Gasteiger partial charge in [-0.15, -0.1) is 0 Å². The average molecular weight is 248 g/mol. The van der Waals surface area contributed by atoms with Crippen LogP contribution in [0, 0.1) is 11.8 Å². The van der Waals surface area contributed by atoms with Gasteiger partial charge < -0.3 is 10.8 Å². The molecule has 3 heteroatoms. The van der Waals surface area contributed by atoms with Gasteiger partial charge in [0, 0.05) is 26.2 Å². The molecule has 0 spiro atoms. The third-order valence-corrected chi connectivity index (χ3v) is 4.20. The fraction of sp³-hybridized carbons (Fsp3) is 0.600. The first-order chi connectivity index (χ1) is 8.55. The molecule has 0 aromatic heterocycles. The maximum absolute atomic E-state index is 10.8. The van der Waals surface area contributed by atoms with Crippen molar-refractivity contribution in [1.29, 1.82) is 0 Å². The van der Waals surface area contributed by atoms with Gasteiger partial charge >= 0.3 is 0 Å². The van der Waals surface area contributed by atoms with Crippen LogP contribution in [0.15, 0.2) is 30.3 Å². The van der Waals surface area contributed by atoms with Crippen LogP contribution in [0.3, 0.4) is 0 Å². The van der Waals surface area contributed by atoms with E-state index in [0.717, 1.165) is 18.7 Å². The molecule has 1 aliphatic heterocycles. The van der Waals surface area contributed by atoms with E-state index in [-0.39, 0.29) is 6.54 Å². The Hall–Kier alpha value is -0.900. The van der Waals surface area contributed by atoms with Gasteiger partial charge in [0.05, 0.1) is 0 Å². The minimum absolute atomic E-state index is 0.260. The summed E-state index contributed by atoms with van der Waals surface area (Å²) in [7, 11) is 0. The highest BCUT2D eigenvalue weighted by Gasteiger charge is 2.34. The van der Waals surface area contributed by atoms with Crippen molar-refractivity contribution in [3.05, 3.63) is 35.9 Å². The van der Waals surface area contributed by atoms with Crippen LogP contribution < -0.4 is 5.73 Å². The van der Waals surface area contributed by atoms with Gasteiger partial charge in [0.15, 0.2) is 0 Å². The van der Waals surface area contributed by atoms with Crippen LogP contribution in [0.1, 0.15) is 19.4 Å². The molecule has 100 valence electrons. The normalized spacial score (nSPS) is 28.2. The van der Waals surface area contributed by atoms with E-state index in [0.29, 0.717) is 18.4 Å². The second kappa shape index (κ2) is 5.39. The molecule has 1 aromatic rings. The summed E-state index contributed by atoms with van der Waals surface area (Å²) in [5.74, 6) is 1.39. The summed E-state index contributed by atoms with van der Waals surface area (Å²) in [5, 5.41) is 10.8. The number of rotatable bonds is 4. The van der Waals surface area contributed by atoms with E-state index in [1.165, 1.54) is 0 Å². The zero-order chi connectivity index (χ0) is 13.2. The van der Waals surface area contributed by atoms with Crippen LogP contribution in [0.5, 0.6) is 0 Å². The van der Waals surface area contributed by atoms with Crippen LogP contribution in [-0.2, 0) is 5.60 Å². The molecular formula is C15H24N2O. The van der Waals surface area contributed by atoms with Crippen molar-refractivity contribution in [2.45, 2.75) is 19.4 Å². The van der Waals surface area contributed by atoms with Crippen molar-refractivity contribution in [1.82, 2.24) is 4.90 Å². The van der Waals surface area contributed by atoms with Gasteiger partial charge in [0.1, 0.15) is 5.60 Å². The van der Waals surface area contributed by atoms with Crippen molar-refractivity contribution in [2.24, 2.45) is 17.6 Å². The quantitative estimate of drug-likeness (QED) is 0.847. The highest BCUT2D eigenvalue weighted by molar-refractivity contribution is 5.23. The van der Waals surface area contributed by atoms with E-state index in [4.69, 9.17) is 5.73 Å². The topological polar surface area (TPSA) is 49.5 Å². The standard InChI is InChI=1S/C15H24N2O/c1-12-8-17(9-13(12)2)11-15(18,10-16)14-6-4-3-5-7-14/h3-7,12-13,18H,8-11,16H2,1-2H3. The number of nitrogens with zero attached hydrogens (tertiary/aromatic N) is 1. The molecule has 1 aromatic carbocycles. The monoisotopic (exact) mass is 248 g/mol. The van der Waals surface area contributed by atoms with E-state index in [1.807, 2.05) is 30.3 Å². The summed E-state index contributed by atoms with van der Waals surface area (Å²) in [6.07, 6.45) is 0. The zero-order valence-corrected chi connectivity index (χ0v) is 11.3. The van der Waals surface area contributed by atoms with Gasteiger partial charge in [-0.3, -0.25) is 4.90 Å². The lowest BCUT2D eigenvalue weighted by molar-refractivity contribution is 0.0119. The molecule has 18 heavy (non-hydrogen) atoms. The van der Waals surface area contributed by atoms with Gasteiger partial charge in [-0.05, 0) is 17.4 Å². The zero-order valence-electron chi connectivity index (χ0n) is 11.3. The molecule has 3 atom stereocenters. The van der Waals surface area contributed by atoms with Crippen molar-refractivity contribution in [2.75, 3.05) is 26.2 Å². The number of benzene rings is 1. The number of hydrogen-bond donors (Lipinski definition) is 2. The van der Waals surface area contributed by atoms with E-state index in [9.17, 15) is 5.11 Å². The summed E-state index contributed by atoms with van der Waals surface area (Å²) in [4.78, 5) is 2.33. The first kappa shape index (κ1) is 13.5. The van der Waals surface area contributed by atoms with E-state index >= 15 is 0 Å². The lowest BCUT2D eigenvalue weighted by atomic mass is 9.93. The number of nitrogens with two attached hydrogens (primary N) is 1. The van der Waals surface area contributed by atoms with Crippen molar-refractivity contribution in [3.8, 4) is 0 Å². The predicted octanol–water partition coefficient (Wildman–Crippen LogP) is 1.42. The smallest absolute Gasteiger partial charge is 0.114 e. The van der Waals surface area contributed by atoms with E-state index in [1.54, 1.807) is 0 Å². The van der Waals surface area contributed by atoms with E-state index in [2.05, 4.69) is 18.7 Å². The molecule has 0 aliphatic carbocycles. The van der Waals surface area contributed by atoms with Crippen LogP contribution in [0.2, 0.25) is 0 Å². The number of hydrogen-bond acceptors (Lipinski definition) is 3. The predicted molar refractivity (Wildman–Crippen MR) is 74.2 cm³/mol. The highest BCUT2D eigenvalue weighted by Crippen LogP contribution is 2.27. The van der Waals surface area contributed by atoms with Gasteiger partial charge in [-0.25, -0.2) is 0 Å². The fourth-order valence-corrected chi connectivity index (χ4v) is 2.77. The lowest BCUT2D eigenvalue weighted by Gasteiger charge is -2.32. The van der Waals surface area contributed by atoms with Crippen molar-refractivity contribution < 1.29 is 5.11 Å². The number of likely N-dealkylation sites (tertiary alicyclic amines) is 1. The second-order valence-electron chi connectivity index (χ2n) is 5.75. The maximum atomic E-state index is 10.8. The van der Waals surface area contributed by atoms with Gasteiger partial charge in [-0.2, -0.15) is 0 Å². The minimum Gasteiger partial charge on any atom is -0.382 e. The third-order valence-electron chi connectivity index (χ3n) is 4.20. The Morgan fingerprint density at radius 3 is 2.28 bits per heavy atom. The van der Waals surface area contributed by atoms with Crippen molar-refractivity contribution >= 4 is 0 Å². The first-order valence-electron chi connectivity index (χ1n) is 6.75. The summed E-state index contributed by atoms with van der Waals surface area (Å²) >= 11 is 0. The maximum Gasteiger partial charge on any atom is 0.114 e. The van der Waals surface area contributed by atoms with Gasteiger partial charge in [-0.1, -0.05) is 44.2 Å². The van der Waals surface area contributed by atoms with Crippen LogP contribution in [-0.4, -0.2) is 36.2 Å². The fourth-order valence-electron chi connectivity index (χ4n) is 2.77. The van der Waals surface area contributed by atoms with Gasteiger partial charge in [0.2, 0.25) is 0 Å². The first-order valence-corrected chi connectivity index (χ1v) is 6.75. The molecule has 0 radical (unpaired) electrons. The molecule has 0 amide bonds. The van der Waals surface area contributed by atoms with Gasteiger partial charge in [0.25, 0.3) is 0 Å². The molecule has 3 unspecified atom stereocenters. The molecule has 3 N–H and O–H groups in total. The Morgan fingerprint density at radius 1 is 1.22 bits per heavy atom. The van der Waals surface area contributed by atoms with Crippen LogP contribution in [0.4, 0.5) is 0 Å². The Kier molecular flexibility index (Phi) is 4.05. The van der Waals surface area contributed by atoms with Crippen LogP contribution in [0.25, 0.3) is 0 Å². The molecule has 1 fully saturated rings. The Morgan fingerprint density at radius 2 is 1.78 bits per heavy atom. The Balaban J connectivity index is 2.10. The summed E-state index contributed by atoms with van der Waals surface area (Å²) < 4.78 is 0. The SMILES string of the molecule is CC1CN(CC(O)(CN)c2ccccc2)CC1C. The molecular weight excluding hydrogens is 224 g/mol. The Bertz CT molecular complexity index is 371. The largest absolute Gasteiger partial charge is 0.382 e. The summed E-state index contributed by atoms with van der Waals surface area (Å²) in [5.41, 5.74) is 5.80. The lowest BCUT2D eigenvalue weighted by Crippen LogP contribution is -2.45. The molecule has 2 rings (SSSR count). The minimum atomic E-state index is -0.926. The Labute approximate surface area is 110 Å². The second-order valence-corrected chi connectivity index (χ2v) is 5.75. The molecule has 0 bridgehead atoms. The molecule has 1 heterocycles. The third kappa shape index (κ3) is 2.74. The molecule has 1 saturated heterocycles. The number of aliphatic hydroxyl groups is 1. The molecule has 3 nitrogen and oxygen atoms in total. The summed E-state index contributed by atoms with van der Waals surface area (Å²) in [6, 6.07) is 9.77. The number of β-amino-alcohol motifs (C(OH)–C–C–N with tert-alkyl or cyclic N) is 1. The average Bonchev–Trinajstić information content (AvgIpc) is 2.69. The van der Waals surface area contributed by atoms with Crippen LogP contribution >= 0.6 is 0 Å². The molecule has 0 saturated carbocycles. The summed E-state index contributed by atoms with van der Waals surface area (Å²) in [6.45, 7) is 7.54. The van der Waals surface area contributed by atoms with Crippen molar-refractivity contribution in [3.63, 3.8) is 0 Å². The highest BCUT2D eigenvalue weighted by atomic mass is 16.3. The molecule has 1 aliphatic rings. The van der Waals surface area contributed by atoms with E-state index < -0.39 is 5.60 Å².